The average Bonchev–Trinajstić information content (AvgIpc) is 3.04. The van der Waals surface area contributed by atoms with Gasteiger partial charge in [0.25, 0.3) is 0 Å². The molecular formula is C14H14FN3O3S2. The minimum atomic E-state index is -3.61. The Hall–Kier alpha value is -1.84. The first-order valence-electron chi connectivity index (χ1n) is 6.84. The van der Waals surface area contributed by atoms with Gasteiger partial charge in [0.15, 0.2) is 5.13 Å². The maximum absolute atomic E-state index is 13.0. The molecule has 122 valence electrons. The van der Waals surface area contributed by atoms with Crippen molar-refractivity contribution in [1.29, 1.82) is 0 Å². The fourth-order valence-electron chi connectivity index (χ4n) is 2.55. The van der Waals surface area contributed by atoms with Crippen molar-refractivity contribution in [2.45, 2.75) is 6.42 Å². The standard InChI is InChI=1S/C14H14FN3O3S2/c15-11-3-1-10(2-4-11)12-7-22-14(17-12)18-6-9(5-13(18)19)8-23(16,20)21/h1-4,7,9H,5-6,8H2,(H2,16,20,21). The van der Waals surface area contributed by atoms with Crippen molar-refractivity contribution >= 4 is 32.4 Å². The van der Waals surface area contributed by atoms with Crippen LogP contribution in [0.1, 0.15) is 6.42 Å². The number of anilines is 1. The van der Waals surface area contributed by atoms with Gasteiger partial charge in [-0.3, -0.25) is 9.69 Å². The highest BCUT2D eigenvalue weighted by molar-refractivity contribution is 7.89. The lowest BCUT2D eigenvalue weighted by Crippen LogP contribution is -2.27. The van der Waals surface area contributed by atoms with Crippen LogP contribution in [0, 0.1) is 11.7 Å². The molecular weight excluding hydrogens is 341 g/mol. The summed E-state index contributed by atoms with van der Waals surface area (Å²) in [6.45, 7) is 0.283. The monoisotopic (exact) mass is 355 g/mol. The Bertz CT molecular complexity index is 833. The molecule has 2 heterocycles. The van der Waals surface area contributed by atoms with Gasteiger partial charge >= 0.3 is 0 Å². The quantitative estimate of drug-likeness (QED) is 0.901. The maximum Gasteiger partial charge on any atom is 0.229 e. The normalized spacial score (nSPS) is 18.6. The van der Waals surface area contributed by atoms with Gasteiger partial charge in [-0.2, -0.15) is 0 Å². The van der Waals surface area contributed by atoms with E-state index >= 15 is 0 Å². The van der Waals surface area contributed by atoms with Gasteiger partial charge in [0.05, 0.1) is 11.4 Å². The number of carbonyl (C=O) groups is 1. The summed E-state index contributed by atoms with van der Waals surface area (Å²) in [7, 11) is -3.61. The van der Waals surface area contributed by atoms with E-state index in [1.54, 1.807) is 17.5 Å². The molecule has 2 aromatic rings. The van der Waals surface area contributed by atoms with Crippen LogP contribution in [0.3, 0.4) is 0 Å². The van der Waals surface area contributed by atoms with Crippen LogP contribution in [0.15, 0.2) is 29.6 Å². The SMILES string of the molecule is NS(=O)(=O)CC1CC(=O)N(c2nc(-c3ccc(F)cc3)cs2)C1. The number of benzene rings is 1. The molecule has 1 amide bonds. The molecule has 23 heavy (non-hydrogen) atoms. The third kappa shape index (κ3) is 3.74. The van der Waals surface area contributed by atoms with E-state index in [0.717, 1.165) is 5.56 Å². The summed E-state index contributed by atoms with van der Waals surface area (Å²) in [4.78, 5) is 17.9. The van der Waals surface area contributed by atoms with E-state index in [2.05, 4.69) is 4.98 Å². The molecule has 0 spiro atoms. The minimum Gasteiger partial charge on any atom is -0.288 e. The molecule has 1 fully saturated rings. The molecule has 1 aromatic heterocycles. The van der Waals surface area contributed by atoms with Crippen molar-refractivity contribution < 1.29 is 17.6 Å². The van der Waals surface area contributed by atoms with E-state index in [0.29, 0.717) is 10.8 Å². The van der Waals surface area contributed by atoms with Crippen LogP contribution >= 0.6 is 11.3 Å². The molecule has 1 atom stereocenters. The van der Waals surface area contributed by atoms with Crippen molar-refractivity contribution in [3.63, 3.8) is 0 Å². The third-order valence-corrected chi connectivity index (χ3v) is 5.34. The Labute approximate surface area is 136 Å². The van der Waals surface area contributed by atoms with Crippen molar-refractivity contribution in [2.75, 3.05) is 17.2 Å². The lowest BCUT2D eigenvalue weighted by atomic mass is 10.1. The zero-order valence-corrected chi connectivity index (χ0v) is 13.6. The Morgan fingerprint density at radius 2 is 2.04 bits per heavy atom. The zero-order chi connectivity index (χ0) is 16.6. The minimum absolute atomic E-state index is 0.141. The Morgan fingerprint density at radius 1 is 1.35 bits per heavy atom. The topological polar surface area (TPSA) is 93.4 Å². The number of amides is 1. The molecule has 3 rings (SSSR count). The van der Waals surface area contributed by atoms with Crippen molar-refractivity contribution in [3.8, 4) is 11.3 Å². The first-order chi connectivity index (χ1) is 10.8. The molecule has 6 nitrogen and oxygen atoms in total. The molecule has 1 aliphatic heterocycles. The second-order valence-corrected chi connectivity index (χ2v) is 7.92. The average molecular weight is 355 g/mol. The molecule has 2 N–H and O–H groups in total. The lowest BCUT2D eigenvalue weighted by molar-refractivity contribution is -0.117. The number of aromatic nitrogens is 1. The fraction of sp³-hybridized carbons (Fsp3) is 0.286. The van der Waals surface area contributed by atoms with Crippen LogP contribution in [-0.4, -0.2) is 31.6 Å². The van der Waals surface area contributed by atoms with Crippen LogP contribution in [-0.2, 0) is 14.8 Å². The largest absolute Gasteiger partial charge is 0.288 e. The van der Waals surface area contributed by atoms with E-state index in [4.69, 9.17) is 5.14 Å². The fourth-order valence-corrected chi connectivity index (χ4v) is 4.29. The summed E-state index contributed by atoms with van der Waals surface area (Å²) < 4.78 is 35.3. The molecule has 0 aliphatic carbocycles. The second-order valence-electron chi connectivity index (χ2n) is 5.43. The number of thiazole rings is 1. The first-order valence-corrected chi connectivity index (χ1v) is 9.43. The molecule has 0 saturated carbocycles. The number of hydrogen-bond acceptors (Lipinski definition) is 5. The Balaban J connectivity index is 1.78. The van der Waals surface area contributed by atoms with Gasteiger partial charge < -0.3 is 0 Å². The number of nitrogens with two attached hydrogens (primary N) is 1. The van der Waals surface area contributed by atoms with Crippen LogP contribution < -0.4 is 10.0 Å². The van der Waals surface area contributed by atoms with Crippen molar-refractivity contribution in [3.05, 3.63) is 35.5 Å². The maximum atomic E-state index is 13.0. The Kier molecular flexibility index (Phi) is 4.17. The number of nitrogens with zero attached hydrogens (tertiary/aromatic N) is 2. The van der Waals surface area contributed by atoms with Gasteiger partial charge in [-0.05, 0) is 24.3 Å². The number of hydrogen-bond donors (Lipinski definition) is 1. The zero-order valence-electron chi connectivity index (χ0n) is 12.0. The summed E-state index contributed by atoms with van der Waals surface area (Å²) in [5.74, 6) is -1.04. The highest BCUT2D eigenvalue weighted by atomic mass is 32.2. The molecule has 0 radical (unpaired) electrons. The molecule has 1 aromatic carbocycles. The first kappa shape index (κ1) is 16.0. The predicted octanol–water partition coefficient (Wildman–Crippen LogP) is 1.59. The molecule has 9 heteroatoms. The lowest BCUT2D eigenvalue weighted by Gasteiger charge is -2.12. The smallest absolute Gasteiger partial charge is 0.229 e. The van der Waals surface area contributed by atoms with E-state index in [-0.39, 0.29) is 36.4 Å². The summed E-state index contributed by atoms with van der Waals surface area (Å²) in [6.07, 6.45) is 0.141. The van der Waals surface area contributed by atoms with Gasteiger partial charge in [0.2, 0.25) is 15.9 Å². The number of rotatable bonds is 4. The van der Waals surface area contributed by atoms with E-state index in [1.807, 2.05) is 0 Å². The van der Waals surface area contributed by atoms with E-state index in [1.165, 1.54) is 28.4 Å². The number of sulfonamides is 1. The van der Waals surface area contributed by atoms with Crippen LogP contribution in [0.5, 0.6) is 0 Å². The molecule has 1 unspecified atom stereocenters. The summed E-state index contributed by atoms with van der Waals surface area (Å²) in [6, 6.07) is 5.92. The number of halogens is 1. The third-order valence-electron chi connectivity index (χ3n) is 3.54. The molecule has 0 bridgehead atoms. The summed E-state index contributed by atoms with van der Waals surface area (Å²) in [5.41, 5.74) is 1.40. The van der Waals surface area contributed by atoms with Crippen LogP contribution in [0.4, 0.5) is 9.52 Å². The predicted molar refractivity (Wildman–Crippen MR) is 85.9 cm³/mol. The van der Waals surface area contributed by atoms with Gasteiger partial charge in [0.1, 0.15) is 5.82 Å². The van der Waals surface area contributed by atoms with E-state index < -0.39 is 10.0 Å². The highest BCUT2D eigenvalue weighted by Gasteiger charge is 2.34. The highest BCUT2D eigenvalue weighted by Crippen LogP contribution is 2.31. The summed E-state index contributed by atoms with van der Waals surface area (Å²) >= 11 is 1.29. The van der Waals surface area contributed by atoms with Gasteiger partial charge in [-0.25, -0.2) is 22.9 Å². The summed E-state index contributed by atoms with van der Waals surface area (Å²) in [5, 5.41) is 7.32. The van der Waals surface area contributed by atoms with Crippen LogP contribution in [0.2, 0.25) is 0 Å². The van der Waals surface area contributed by atoms with Gasteiger partial charge in [0, 0.05) is 29.8 Å². The molecule has 1 saturated heterocycles. The van der Waals surface area contributed by atoms with E-state index in [9.17, 15) is 17.6 Å². The van der Waals surface area contributed by atoms with Crippen molar-refractivity contribution in [2.24, 2.45) is 11.1 Å². The number of carbonyl (C=O) groups excluding carboxylic acids is 1. The van der Waals surface area contributed by atoms with Gasteiger partial charge in [-0.15, -0.1) is 11.3 Å². The Morgan fingerprint density at radius 3 is 2.70 bits per heavy atom. The molecule has 1 aliphatic rings. The van der Waals surface area contributed by atoms with Crippen LogP contribution in [0.25, 0.3) is 11.3 Å². The second kappa shape index (κ2) is 5.99. The van der Waals surface area contributed by atoms with Crippen molar-refractivity contribution in [1.82, 2.24) is 4.98 Å². The number of primary sulfonamides is 1. The van der Waals surface area contributed by atoms with Gasteiger partial charge in [-0.1, -0.05) is 0 Å².